The summed E-state index contributed by atoms with van der Waals surface area (Å²) in [7, 11) is 0. The van der Waals surface area contributed by atoms with Gasteiger partial charge in [-0.2, -0.15) is 0 Å². The molecule has 2 rings (SSSR count). The molecule has 1 nitrogen and oxygen atoms in total. The molecule has 2 unspecified atom stereocenters. The molecule has 0 aromatic rings. The lowest BCUT2D eigenvalue weighted by Gasteiger charge is -2.30. The molecule has 2 bridgehead atoms. The molecule has 1 heteroatoms. The zero-order chi connectivity index (χ0) is 7.90. The first-order chi connectivity index (χ1) is 5.23. The maximum absolute atomic E-state index is 11.4. The second kappa shape index (κ2) is 2.33. The summed E-state index contributed by atoms with van der Waals surface area (Å²) in [5.74, 6) is 1.35. The molecule has 2 aliphatic carbocycles. The Labute approximate surface area is 68.2 Å². The Morgan fingerprint density at radius 1 is 1.36 bits per heavy atom. The molecule has 0 aromatic carbocycles. The van der Waals surface area contributed by atoms with Crippen molar-refractivity contribution in [3.63, 3.8) is 0 Å². The van der Waals surface area contributed by atoms with Gasteiger partial charge < -0.3 is 0 Å². The highest BCUT2D eigenvalue weighted by Crippen LogP contribution is 2.51. The molecule has 11 heavy (non-hydrogen) atoms. The minimum absolute atomic E-state index is 0.156. The molecule has 2 fully saturated rings. The van der Waals surface area contributed by atoms with Crippen molar-refractivity contribution >= 4 is 5.78 Å². The van der Waals surface area contributed by atoms with Crippen LogP contribution in [0.4, 0.5) is 0 Å². The van der Waals surface area contributed by atoms with Crippen molar-refractivity contribution in [3.8, 4) is 0 Å². The topological polar surface area (TPSA) is 17.1 Å². The molecular formula is C10H16O. The first-order valence-corrected chi connectivity index (χ1v) is 4.74. The molecule has 0 amide bonds. The molecule has 2 saturated carbocycles. The monoisotopic (exact) mass is 152 g/mol. The van der Waals surface area contributed by atoms with E-state index in [1.165, 1.54) is 38.5 Å². The zero-order valence-corrected chi connectivity index (χ0v) is 7.23. The van der Waals surface area contributed by atoms with Crippen LogP contribution in [0.2, 0.25) is 0 Å². The predicted molar refractivity (Wildman–Crippen MR) is 44.3 cm³/mol. The van der Waals surface area contributed by atoms with E-state index in [1.807, 2.05) is 0 Å². The summed E-state index contributed by atoms with van der Waals surface area (Å²) < 4.78 is 0. The van der Waals surface area contributed by atoms with Gasteiger partial charge in [-0.3, -0.25) is 4.79 Å². The number of hydrogen-bond acceptors (Lipinski definition) is 1. The van der Waals surface area contributed by atoms with Crippen LogP contribution in [0.5, 0.6) is 0 Å². The Morgan fingerprint density at radius 3 is 2.82 bits per heavy atom. The normalized spacial score (nSPS) is 42.5. The lowest BCUT2D eigenvalue weighted by atomic mass is 9.73. The van der Waals surface area contributed by atoms with Crippen LogP contribution in [0.3, 0.4) is 0 Å². The van der Waals surface area contributed by atoms with Crippen LogP contribution in [0.25, 0.3) is 0 Å². The SMILES string of the molecule is CC(=O)C12CCCC(CC1)C2. The first-order valence-electron chi connectivity index (χ1n) is 4.74. The third-order valence-electron chi connectivity index (χ3n) is 3.73. The number of ketones is 1. The summed E-state index contributed by atoms with van der Waals surface area (Å²) in [6.45, 7) is 1.79. The standard InChI is InChI=1S/C10H16O/c1-8(11)10-5-2-3-9(7-10)4-6-10/h9H,2-7H2,1H3. The Balaban J connectivity index is 2.19. The maximum Gasteiger partial charge on any atom is 0.135 e. The van der Waals surface area contributed by atoms with E-state index in [0.717, 1.165) is 5.92 Å². The van der Waals surface area contributed by atoms with Crippen molar-refractivity contribution in [3.05, 3.63) is 0 Å². The van der Waals surface area contributed by atoms with Gasteiger partial charge in [0, 0.05) is 5.41 Å². The van der Waals surface area contributed by atoms with E-state index in [9.17, 15) is 4.79 Å². The van der Waals surface area contributed by atoms with Crippen LogP contribution < -0.4 is 0 Å². The van der Waals surface area contributed by atoms with E-state index in [1.54, 1.807) is 6.92 Å². The quantitative estimate of drug-likeness (QED) is 0.564. The van der Waals surface area contributed by atoms with Gasteiger partial charge in [0.25, 0.3) is 0 Å². The van der Waals surface area contributed by atoms with Gasteiger partial charge in [0.2, 0.25) is 0 Å². The minimum atomic E-state index is 0.156. The lowest BCUT2D eigenvalue weighted by Crippen LogP contribution is -2.28. The van der Waals surface area contributed by atoms with Crippen LogP contribution in [0, 0.1) is 11.3 Å². The van der Waals surface area contributed by atoms with E-state index in [4.69, 9.17) is 0 Å². The van der Waals surface area contributed by atoms with Gasteiger partial charge >= 0.3 is 0 Å². The molecule has 2 aliphatic rings. The van der Waals surface area contributed by atoms with E-state index >= 15 is 0 Å². The molecule has 0 saturated heterocycles. The van der Waals surface area contributed by atoms with E-state index in [-0.39, 0.29) is 5.41 Å². The average molecular weight is 152 g/mol. The second-order valence-electron chi connectivity index (χ2n) is 4.34. The van der Waals surface area contributed by atoms with Gasteiger partial charge in [0.05, 0.1) is 0 Å². The molecule has 62 valence electrons. The van der Waals surface area contributed by atoms with Gasteiger partial charge in [0.1, 0.15) is 5.78 Å². The van der Waals surface area contributed by atoms with E-state index < -0.39 is 0 Å². The summed E-state index contributed by atoms with van der Waals surface area (Å²) >= 11 is 0. The number of carbonyl (C=O) groups excluding carboxylic acids is 1. The van der Waals surface area contributed by atoms with Gasteiger partial charge in [-0.05, 0) is 38.5 Å². The summed E-state index contributed by atoms with van der Waals surface area (Å²) in [5.41, 5.74) is 0.156. The molecule has 0 aromatic heterocycles. The lowest BCUT2D eigenvalue weighted by molar-refractivity contribution is -0.127. The number of fused-ring (bicyclic) bond motifs is 2. The van der Waals surface area contributed by atoms with Crippen molar-refractivity contribution in [2.45, 2.75) is 45.4 Å². The molecule has 0 aliphatic heterocycles. The van der Waals surface area contributed by atoms with Crippen molar-refractivity contribution in [1.29, 1.82) is 0 Å². The summed E-state index contributed by atoms with van der Waals surface area (Å²) in [6, 6.07) is 0. The third-order valence-corrected chi connectivity index (χ3v) is 3.73. The predicted octanol–water partition coefficient (Wildman–Crippen LogP) is 2.55. The van der Waals surface area contributed by atoms with Crippen LogP contribution in [0.15, 0.2) is 0 Å². The minimum Gasteiger partial charge on any atom is -0.299 e. The molecule has 2 atom stereocenters. The Hall–Kier alpha value is -0.330. The van der Waals surface area contributed by atoms with Crippen LogP contribution in [0.1, 0.15) is 45.4 Å². The molecular weight excluding hydrogens is 136 g/mol. The van der Waals surface area contributed by atoms with E-state index in [2.05, 4.69) is 0 Å². The molecule has 0 N–H and O–H groups in total. The van der Waals surface area contributed by atoms with Gasteiger partial charge in [0.15, 0.2) is 0 Å². The highest BCUT2D eigenvalue weighted by molar-refractivity contribution is 5.82. The fourth-order valence-electron chi connectivity index (χ4n) is 2.94. The zero-order valence-electron chi connectivity index (χ0n) is 7.23. The molecule has 0 spiro atoms. The second-order valence-corrected chi connectivity index (χ2v) is 4.34. The van der Waals surface area contributed by atoms with Gasteiger partial charge in [-0.25, -0.2) is 0 Å². The number of carbonyl (C=O) groups is 1. The summed E-state index contributed by atoms with van der Waals surface area (Å²) in [4.78, 5) is 11.4. The van der Waals surface area contributed by atoms with Crippen LogP contribution >= 0.6 is 0 Å². The summed E-state index contributed by atoms with van der Waals surface area (Å²) in [5, 5.41) is 0. The van der Waals surface area contributed by atoms with Gasteiger partial charge in [-0.1, -0.05) is 12.8 Å². The van der Waals surface area contributed by atoms with E-state index in [0.29, 0.717) is 5.78 Å². The van der Waals surface area contributed by atoms with Crippen LogP contribution in [-0.4, -0.2) is 5.78 Å². The smallest absolute Gasteiger partial charge is 0.135 e. The fraction of sp³-hybridized carbons (Fsp3) is 0.900. The Kier molecular flexibility index (Phi) is 1.55. The Morgan fingerprint density at radius 2 is 2.18 bits per heavy atom. The first kappa shape index (κ1) is 7.33. The summed E-state index contributed by atoms with van der Waals surface area (Å²) in [6.07, 6.45) is 7.58. The van der Waals surface area contributed by atoms with Crippen molar-refractivity contribution < 1.29 is 4.79 Å². The van der Waals surface area contributed by atoms with Crippen molar-refractivity contribution in [1.82, 2.24) is 0 Å². The fourth-order valence-corrected chi connectivity index (χ4v) is 2.94. The molecule has 0 heterocycles. The highest BCUT2D eigenvalue weighted by Gasteiger charge is 2.44. The molecule has 0 radical (unpaired) electrons. The van der Waals surface area contributed by atoms with Crippen molar-refractivity contribution in [2.24, 2.45) is 11.3 Å². The number of rotatable bonds is 1. The van der Waals surface area contributed by atoms with Crippen LogP contribution in [-0.2, 0) is 4.79 Å². The van der Waals surface area contributed by atoms with Gasteiger partial charge in [-0.15, -0.1) is 0 Å². The number of hydrogen-bond donors (Lipinski definition) is 0. The third kappa shape index (κ3) is 1.02. The largest absolute Gasteiger partial charge is 0.299 e. The number of Topliss-reactive ketones (excluding diaryl/α,β-unsaturated/α-hetero) is 1. The maximum atomic E-state index is 11.4. The Bertz CT molecular complexity index is 181. The highest BCUT2D eigenvalue weighted by atomic mass is 16.1. The average Bonchev–Trinajstić information content (AvgIpc) is 2.29. The van der Waals surface area contributed by atoms with Crippen molar-refractivity contribution in [2.75, 3.05) is 0 Å².